The molecule has 2 aromatic carbocycles. The topological polar surface area (TPSA) is 87.7 Å². The molecule has 0 aliphatic carbocycles. The first-order valence-corrected chi connectivity index (χ1v) is 14.3. The highest BCUT2D eigenvalue weighted by Crippen LogP contribution is 2.36. The van der Waals surface area contributed by atoms with Crippen molar-refractivity contribution in [1.82, 2.24) is 10.2 Å². The van der Waals surface area contributed by atoms with Gasteiger partial charge in [0.25, 0.3) is 5.91 Å². The third-order valence-electron chi connectivity index (χ3n) is 7.54. The van der Waals surface area contributed by atoms with Gasteiger partial charge in [-0.25, -0.2) is 4.79 Å². The first kappa shape index (κ1) is 32.9. The number of hydrogen-bond acceptors (Lipinski definition) is 4. The van der Waals surface area contributed by atoms with Gasteiger partial charge >= 0.3 is 6.09 Å². The van der Waals surface area contributed by atoms with Gasteiger partial charge in [-0.1, -0.05) is 69.2 Å². The Hall–Kier alpha value is -3.35. The SMILES string of the molecule is CCC(C)C(NC(=O)OC(C)(C)C)C(=O)N(C(C(=O)Nc1ccccc1C)c1cc(C)ccc1C)C(C)(C)CC. The first-order chi connectivity index (χ1) is 18.5. The van der Waals surface area contributed by atoms with Gasteiger partial charge in [-0.3, -0.25) is 9.59 Å². The van der Waals surface area contributed by atoms with Gasteiger partial charge in [-0.15, -0.1) is 0 Å². The summed E-state index contributed by atoms with van der Waals surface area (Å²) < 4.78 is 5.52. The van der Waals surface area contributed by atoms with Crippen LogP contribution >= 0.6 is 0 Å². The lowest BCUT2D eigenvalue weighted by atomic mass is 9.88. The van der Waals surface area contributed by atoms with Gasteiger partial charge in [0.2, 0.25) is 5.91 Å². The molecule has 3 atom stereocenters. The lowest BCUT2D eigenvalue weighted by Gasteiger charge is -2.45. The molecule has 0 radical (unpaired) electrons. The molecule has 0 aromatic heterocycles. The maximum atomic E-state index is 14.7. The zero-order valence-electron chi connectivity index (χ0n) is 26.3. The summed E-state index contributed by atoms with van der Waals surface area (Å²) in [5, 5.41) is 5.94. The molecule has 40 heavy (non-hydrogen) atoms. The minimum atomic E-state index is -0.936. The molecule has 0 bridgehead atoms. The highest BCUT2D eigenvalue weighted by atomic mass is 16.6. The summed E-state index contributed by atoms with van der Waals surface area (Å²) in [6, 6.07) is 11.7. The zero-order chi connectivity index (χ0) is 30.4. The van der Waals surface area contributed by atoms with Crippen molar-refractivity contribution in [2.45, 2.75) is 112 Å². The summed E-state index contributed by atoms with van der Waals surface area (Å²) in [5.74, 6) is -0.829. The normalized spacial score (nSPS) is 14.1. The van der Waals surface area contributed by atoms with Crippen LogP contribution in [0.15, 0.2) is 42.5 Å². The van der Waals surface area contributed by atoms with Crippen LogP contribution in [0.25, 0.3) is 0 Å². The summed E-state index contributed by atoms with van der Waals surface area (Å²) in [6.07, 6.45) is 0.584. The van der Waals surface area contributed by atoms with Gasteiger partial charge in [-0.05, 0) is 90.5 Å². The molecule has 0 spiro atoms. The molecule has 7 heteroatoms. The highest BCUT2D eigenvalue weighted by molar-refractivity contribution is 6.00. The molecule has 0 fully saturated rings. The molecule has 0 aliphatic rings. The summed E-state index contributed by atoms with van der Waals surface area (Å²) in [7, 11) is 0. The van der Waals surface area contributed by atoms with Crippen LogP contribution in [-0.4, -0.2) is 40.0 Å². The second-order valence-electron chi connectivity index (χ2n) is 12.5. The molecular weight excluding hydrogens is 502 g/mol. The maximum absolute atomic E-state index is 14.7. The molecule has 2 N–H and O–H groups in total. The minimum Gasteiger partial charge on any atom is -0.444 e. The number of benzene rings is 2. The third kappa shape index (κ3) is 8.33. The molecule has 0 saturated carbocycles. The van der Waals surface area contributed by atoms with E-state index in [0.717, 1.165) is 22.3 Å². The molecule has 2 aromatic rings. The number of alkyl carbamates (subject to hydrolysis) is 1. The largest absolute Gasteiger partial charge is 0.444 e. The monoisotopic (exact) mass is 551 g/mol. The Bertz CT molecular complexity index is 1200. The van der Waals surface area contributed by atoms with Crippen molar-refractivity contribution in [2.75, 3.05) is 5.32 Å². The average molecular weight is 552 g/mol. The number of rotatable bonds is 10. The van der Waals surface area contributed by atoms with Crippen molar-refractivity contribution < 1.29 is 19.1 Å². The lowest BCUT2D eigenvalue weighted by Crippen LogP contribution is -2.60. The van der Waals surface area contributed by atoms with Gasteiger partial charge in [0.1, 0.15) is 17.7 Å². The number of anilines is 1. The Balaban J connectivity index is 2.73. The van der Waals surface area contributed by atoms with E-state index < -0.39 is 29.3 Å². The fourth-order valence-corrected chi connectivity index (χ4v) is 4.58. The van der Waals surface area contributed by atoms with E-state index in [2.05, 4.69) is 10.6 Å². The van der Waals surface area contributed by atoms with Crippen LogP contribution in [0.1, 0.15) is 96.5 Å². The number of ether oxygens (including phenoxy) is 1. The van der Waals surface area contributed by atoms with Gasteiger partial charge in [0.05, 0.1) is 0 Å². The first-order valence-electron chi connectivity index (χ1n) is 14.3. The molecule has 3 amide bonds. The Morgan fingerprint density at radius 1 is 0.925 bits per heavy atom. The van der Waals surface area contributed by atoms with E-state index in [1.165, 1.54) is 0 Å². The number of hydrogen-bond donors (Lipinski definition) is 2. The zero-order valence-corrected chi connectivity index (χ0v) is 26.3. The Kier molecular flexibility index (Phi) is 11.0. The van der Waals surface area contributed by atoms with E-state index in [1.54, 1.807) is 25.7 Å². The number of carbonyl (C=O) groups is 3. The fourth-order valence-electron chi connectivity index (χ4n) is 4.58. The van der Waals surface area contributed by atoms with Crippen molar-refractivity contribution in [3.8, 4) is 0 Å². The van der Waals surface area contributed by atoms with Crippen molar-refractivity contribution >= 4 is 23.6 Å². The van der Waals surface area contributed by atoms with E-state index in [-0.39, 0.29) is 17.7 Å². The molecule has 7 nitrogen and oxygen atoms in total. The minimum absolute atomic E-state index is 0.200. The number of nitrogens with zero attached hydrogens (tertiary/aromatic N) is 1. The standard InChI is InChI=1S/C33H49N3O4/c1-12-22(4)27(35-31(39)40-32(7,8)9)30(38)36(33(10,11)13-2)28(25-20-21(3)18-19-23(25)5)29(37)34-26-17-15-14-16-24(26)6/h14-20,22,27-28H,12-13H2,1-11H3,(H,34,37)(H,35,39). The van der Waals surface area contributed by atoms with Crippen LogP contribution in [0.4, 0.5) is 10.5 Å². The van der Waals surface area contributed by atoms with Crippen LogP contribution in [-0.2, 0) is 14.3 Å². The van der Waals surface area contributed by atoms with Gasteiger partial charge in [-0.2, -0.15) is 0 Å². The predicted molar refractivity (Wildman–Crippen MR) is 162 cm³/mol. The Morgan fingerprint density at radius 3 is 2.10 bits per heavy atom. The fraction of sp³-hybridized carbons (Fsp3) is 0.545. The second kappa shape index (κ2) is 13.3. The van der Waals surface area contributed by atoms with E-state index in [9.17, 15) is 14.4 Å². The van der Waals surface area contributed by atoms with Gasteiger partial charge < -0.3 is 20.3 Å². The van der Waals surface area contributed by atoms with Crippen LogP contribution in [0.2, 0.25) is 0 Å². The maximum Gasteiger partial charge on any atom is 0.408 e. The number of para-hydroxylation sites is 1. The van der Waals surface area contributed by atoms with Gasteiger partial charge in [0, 0.05) is 11.2 Å². The van der Waals surface area contributed by atoms with Crippen molar-refractivity contribution in [2.24, 2.45) is 5.92 Å². The molecule has 220 valence electrons. The predicted octanol–water partition coefficient (Wildman–Crippen LogP) is 7.25. The lowest BCUT2D eigenvalue weighted by molar-refractivity contribution is -0.148. The number of nitrogens with one attached hydrogen (secondary N) is 2. The van der Waals surface area contributed by atoms with E-state index >= 15 is 0 Å². The van der Waals surface area contributed by atoms with Crippen LogP contribution in [0, 0.1) is 26.7 Å². The van der Waals surface area contributed by atoms with Gasteiger partial charge in [0.15, 0.2) is 0 Å². The average Bonchev–Trinajstić information content (AvgIpc) is 2.86. The number of aryl methyl sites for hydroxylation is 3. The van der Waals surface area contributed by atoms with Crippen molar-refractivity contribution in [3.63, 3.8) is 0 Å². The number of carbonyl (C=O) groups excluding carboxylic acids is 3. The van der Waals surface area contributed by atoms with Crippen molar-refractivity contribution in [1.29, 1.82) is 0 Å². The second-order valence-corrected chi connectivity index (χ2v) is 12.5. The molecule has 0 aliphatic heterocycles. The summed E-state index contributed by atoms with van der Waals surface area (Å²) in [5.41, 5.74) is 2.82. The van der Waals surface area contributed by atoms with Crippen molar-refractivity contribution in [3.05, 3.63) is 64.7 Å². The van der Waals surface area contributed by atoms with E-state index in [0.29, 0.717) is 18.5 Å². The van der Waals surface area contributed by atoms with Crippen LogP contribution < -0.4 is 10.6 Å². The third-order valence-corrected chi connectivity index (χ3v) is 7.54. The molecular formula is C33H49N3O4. The summed E-state index contributed by atoms with van der Waals surface area (Å²) in [4.78, 5) is 43.5. The Morgan fingerprint density at radius 2 is 1.55 bits per heavy atom. The number of amides is 3. The smallest absolute Gasteiger partial charge is 0.408 e. The highest BCUT2D eigenvalue weighted by Gasteiger charge is 2.44. The van der Waals surface area contributed by atoms with Crippen LogP contribution in [0.3, 0.4) is 0 Å². The molecule has 3 unspecified atom stereocenters. The Labute approximate surface area is 241 Å². The summed E-state index contributed by atoms with van der Waals surface area (Å²) in [6.45, 7) is 21.0. The summed E-state index contributed by atoms with van der Waals surface area (Å²) >= 11 is 0. The quantitative estimate of drug-likeness (QED) is 0.326. The molecule has 0 saturated heterocycles. The molecule has 2 rings (SSSR count). The van der Waals surface area contributed by atoms with E-state index in [4.69, 9.17) is 4.74 Å². The van der Waals surface area contributed by atoms with Crippen LogP contribution in [0.5, 0.6) is 0 Å². The van der Waals surface area contributed by atoms with E-state index in [1.807, 2.05) is 97.9 Å². The molecule has 0 heterocycles.